The monoisotopic (exact) mass is 351 g/mol. The van der Waals surface area contributed by atoms with Gasteiger partial charge in [0.2, 0.25) is 0 Å². The fourth-order valence-corrected chi connectivity index (χ4v) is 3.60. The Balaban J connectivity index is 1.97. The Morgan fingerprint density at radius 2 is 1.11 bits per heavy atom. The van der Waals surface area contributed by atoms with Gasteiger partial charge in [0.15, 0.2) is 0 Å². The lowest BCUT2D eigenvalue weighted by Crippen LogP contribution is -1.96. The van der Waals surface area contributed by atoms with Crippen LogP contribution in [0, 0.1) is 20.8 Å². The van der Waals surface area contributed by atoms with Crippen molar-refractivity contribution < 1.29 is 0 Å². The molecule has 3 heterocycles. The van der Waals surface area contributed by atoms with Crippen molar-refractivity contribution >= 4 is 0 Å². The van der Waals surface area contributed by atoms with Crippen molar-refractivity contribution in [1.82, 2.24) is 15.0 Å². The zero-order valence-electron chi connectivity index (χ0n) is 15.8. The van der Waals surface area contributed by atoms with E-state index in [1.807, 2.05) is 36.4 Å². The van der Waals surface area contributed by atoms with Gasteiger partial charge in [0, 0.05) is 12.4 Å². The summed E-state index contributed by atoms with van der Waals surface area (Å²) in [6.45, 7) is 6.46. The molecule has 3 nitrogen and oxygen atoms in total. The van der Waals surface area contributed by atoms with Crippen molar-refractivity contribution in [3.63, 3.8) is 0 Å². The molecule has 0 aliphatic rings. The van der Waals surface area contributed by atoms with Gasteiger partial charge in [-0.3, -0.25) is 9.97 Å². The van der Waals surface area contributed by atoms with E-state index in [1.165, 1.54) is 22.3 Å². The average Bonchev–Trinajstić information content (AvgIpc) is 2.68. The first-order valence-corrected chi connectivity index (χ1v) is 9.05. The second-order valence-electron chi connectivity index (χ2n) is 6.83. The quantitative estimate of drug-likeness (QED) is 0.468. The molecular formula is C24H21N3. The third-order valence-electron chi connectivity index (χ3n) is 4.65. The van der Waals surface area contributed by atoms with Crippen LogP contribution in [0.25, 0.3) is 33.9 Å². The van der Waals surface area contributed by atoms with Crippen LogP contribution in [0.15, 0.2) is 73.1 Å². The normalized spacial score (nSPS) is 10.8. The van der Waals surface area contributed by atoms with Gasteiger partial charge in [-0.1, -0.05) is 29.8 Å². The highest BCUT2D eigenvalue weighted by Crippen LogP contribution is 2.33. The molecule has 0 saturated carbocycles. The minimum atomic E-state index is 0.855. The van der Waals surface area contributed by atoms with E-state index in [-0.39, 0.29) is 0 Å². The van der Waals surface area contributed by atoms with Gasteiger partial charge in [0.25, 0.3) is 0 Å². The molecule has 4 rings (SSSR count). The average molecular weight is 351 g/mol. The molecule has 0 N–H and O–H groups in total. The third-order valence-corrected chi connectivity index (χ3v) is 4.65. The van der Waals surface area contributed by atoms with E-state index in [9.17, 15) is 0 Å². The Morgan fingerprint density at radius 3 is 1.56 bits per heavy atom. The standard InChI is InChI=1S/C24H21N3/c1-16-12-17(2)24(18(3)13-16)19-14-22(20-8-4-6-10-25-20)27-23(15-19)21-9-5-7-11-26-21/h4-15H,1-3H3. The summed E-state index contributed by atoms with van der Waals surface area (Å²) in [5.41, 5.74) is 9.62. The highest BCUT2D eigenvalue weighted by molar-refractivity contribution is 5.78. The number of aryl methyl sites for hydroxylation is 3. The second kappa shape index (κ2) is 7.12. The predicted octanol–water partition coefficient (Wildman–Crippen LogP) is 5.80. The lowest BCUT2D eigenvalue weighted by atomic mass is 9.93. The highest BCUT2D eigenvalue weighted by atomic mass is 14.8. The Kier molecular flexibility index (Phi) is 4.51. The van der Waals surface area contributed by atoms with Gasteiger partial charge >= 0.3 is 0 Å². The first kappa shape index (κ1) is 17.1. The Hall–Kier alpha value is -3.33. The summed E-state index contributed by atoms with van der Waals surface area (Å²) in [5, 5.41) is 0. The van der Waals surface area contributed by atoms with Crippen LogP contribution in [0.2, 0.25) is 0 Å². The molecule has 0 aliphatic heterocycles. The Bertz CT molecular complexity index is 1010. The SMILES string of the molecule is Cc1cc(C)c(-c2cc(-c3ccccn3)nc(-c3ccccn3)c2)c(C)c1. The molecule has 0 saturated heterocycles. The second-order valence-corrected chi connectivity index (χ2v) is 6.83. The third kappa shape index (κ3) is 3.49. The van der Waals surface area contributed by atoms with Crippen LogP contribution in [0.1, 0.15) is 16.7 Å². The van der Waals surface area contributed by atoms with Crippen molar-refractivity contribution in [3.8, 4) is 33.9 Å². The molecule has 0 amide bonds. The van der Waals surface area contributed by atoms with Crippen molar-refractivity contribution in [1.29, 1.82) is 0 Å². The van der Waals surface area contributed by atoms with Crippen molar-refractivity contribution in [2.75, 3.05) is 0 Å². The molecule has 0 bridgehead atoms. The van der Waals surface area contributed by atoms with Crippen molar-refractivity contribution in [3.05, 3.63) is 89.7 Å². The van der Waals surface area contributed by atoms with Crippen LogP contribution in [0.4, 0.5) is 0 Å². The highest BCUT2D eigenvalue weighted by Gasteiger charge is 2.13. The van der Waals surface area contributed by atoms with E-state index in [2.05, 4.69) is 55.0 Å². The van der Waals surface area contributed by atoms with E-state index < -0.39 is 0 Å². The number of benzene rings is 1. The Labute approximate surface area is 159 Å². The summed E-state index contributed by atoms with van der Waals surface area (Å²) >= 11 is 0. The van der Waals surface area contributed by atoms with Crippen LogP contribution < -0.4 is 0 Å². The minimum Gasteiger partial charge on any atom is -0.255 e. The maximum absolute atomic E-state index is 4.85. The molecule has 3 heteroatoms. The smallest absolute Gasteiger partial charge is 0.0900 e. The molecule has 132 valence electrons. The van der Waals surface area contributed by atoms with Crippen molar-refractivity contribution in [2.45, 2.75) is 20.8 Å². The van der Waals surface area contributed by atoms with E-state index in [0.29, 0.717) is 0 Å². The topological polar surface area (TPSA) is 38.7 Å². The van der Waals surface area contributed by atoms with Gasteiger partial charge in [-0.2, -0.15) is 0 Å². The van der Waals surface area contributed by atoms with Crippen LogP contribution >= 0.6 is 0 Å². The summed E-state index contributed by atoms with van der Waals surface area (Å²) in [5.74, 6) is 0. The van der Waals surface area contributed by atoms with Crippen molar-refractivity contribution in [2.24, 2.45) is 0 Å². The van der Waals surface area contributed by atoms with Crippen LogP contribution in [-0.2, 0) is 0 Å². The van der Waals surface area contributed by atoms with Crippen LogP contribution in [0.5, 0.6) is 0 Å². The molecule has 0 radical (unpaired) electrons. The Morgan fingerprint density at radius 1 is 0.593 bits per heavy atom. The molecule has 3 aromatic heterocycles. The molecule has 1 aromatic carbocycles. The van der Waals surface area contributed by atoms with E-state index in [0.717, 1.165) is 28.3 Å². The number of pyridine rings is 3. The summed E-state index contributed by atoms with van der Waals surface area (Å²) in [7, 11) is 0. The van der Waals surface area contributed by atoms with Crippen LogP contribution in [0.3, 0.4) is 0 Å². The van der Waals surface area contributed by atoms with Crippen LogP contribution in [-0.4, -0.2) is 15.0 Å². The number of hydrogen-bond acceptors (Lipinski definition) is 3. The largest absolute Gasteiger partial charge is 0.255 e. The zero-order chi connectivity index (χ0) is 18.8. The molecule has 27 heavy (non-hydrogen) atoms. The van der Waals surface area contributed by atoms with Gasteiger partial charge < -0.3 is 0 Å². The zero-order valence-corrected chi connectivity index (χ0v) is 15.8. The number of rotatable bonds is 3. The fourth-order valence-electron chi connectivity index (χ4n) is 3.60. The van der Waals surface area contributed by atoms with Gasteiger partial charge in [0.1, 0.15) is 0 Å². The summed E-state index contributed by atoms with van der Waals surface area (Å²) < 4.78 is 0. The van der Waals surface area contributed by atoms with Gasteiger partial charge in [-0.15, -0.1) is 0 Å². The molecule has 0 spiro atoms. The van der Waals surface area contributed by atoms with Gasteiger partial charge in [0.05, 0.1) is 22.8 Å². The molecule has 0 aliphatic carbocycles. The number of aromatic nitrogens is 3. The van der Waals surface area contributed by atoms with E-state index in [1.54, 1.807) is 12.4 Å². The fraction of sp³-hybridized carbons (Fsp3) is 0.125. The van der Waals surface area contributed by atoms with E-state index >= 15 is 0 Å². The van der Waals surface area contributed by atoms with Gasteiger partial charge in [-0.05, 0) is 79.4 Å². The predicted molar refractivity (Wildman–Crippen MR) is 110 cm³/mol. The summed E-state index contributed by atoms with van der Waals surface area (Å²) in [6.07, 6.45) is 3.60. The molecule has 4 aromatic rings. The molecule has 0 fully saturated rings. The molecular weight excluding hydrogens is 330 g/mol. The van der Waals surface area contributed by atoms with Gasteiger partial charge in [-0.25, -0.2) is 4.98 Å². The minimum absolute atomic E-state index is 0.855. The summed E-state index contributed by atoms with van der Waals surface area (Å²) in [6, 6.07) is 20.5. The maximum atomic E-state index is 4.85. The summed E-state index contributed by atoms with van der Waals surface area (Å²) in [4.78, 5) is 13.8. The lowest BCUT2D eigenvalue weighted by Gasteiger charge is -2.14. The lowest BCUT2D eigenvalue weighted by molar-refractivity contribution is 1.21. The number of nitrogens with zero attached hydrogens (tertiary/aromatic N) is 3. The maximum Gasteiger partial charge on any atom is 0.0900 e. The van der Waals surface area contributed by atoms with E-state index in [4.69, 9.17) is 4.98 Å². The molecule has 0 unspecified atom stereocenters. The first-order valence-electron chi connectivity index (χ1n) is 9.05. The number of hydrogen-bond donors (Lipinski definition) is 0. The first-order chi connectivity index (χ1) is 13.1. The molecule has 0 atom stereocenters.